The Balaban J connectivity index is 3.59. The van der Waals surface area contributed by atoms with Gasteiger partial charge in [-0.15, -0.1) is 0 Å². The maximum Gasteiger partial charge on any atom is 0.404 e. The molecule has 0 heterocycles. The van der Waals surface area contributed by atoms with Gasteiger partial charge in [0.1, 0.15) is 6.61 Å². The lowest BCUT2D eigenvalue weighted by Crippen LogP contribution is -2.43. The summed E-state index contributed by atoms with van der Waals surface area (Å²) in [4.78, 5) is 14.4. The first kappa shape index (κ1) is 15.5. The molecule has 0 fully saturated rings. The van der Waals surface area contributed by atoms with Gasteiger partial charge in [0.25, 0.3) is 0 Å². The predicted molar refractivity (Wildman–Crippen MR) is 64.3 cm³/mol. The number of hydrazine groups is 1. The van der Waals surface area contributed by atoms with Crippen molar-refractivity contribution in [2.24, 2.45) is 16.6 Å². The zero-order valence-corrected chi connectivity index (χ0v) is 10.1. The number of guanidine groups is 1. The molecule has 0 aliphatic carbocycles. The van der Waals surface area contributed by atoms with Crippen molar-refractivity contribution < 1.29 is 14.3 Å². The van der Waals surface area contributed by atoms with Crippen LogP contribution >= 0.6 is 0 Å². The largest absolute Gasteiger partial charge is 0.448 e. The van der Waals surface area contributed by atoms with Gasteiger partial charge >= 0.3 is 6.09 Å². The van der Waals surface area contributed by atoms with E-state index in [0.717, 1.165) is 6.42 Å². The van der Waals surface area contributed by atoms with Crippen molar-refractivity contribution >= 4 is 12.1 Å². The van der Waals surface area contributed by atoms with Gasteiger partial charge in [0.05, 0.1) is 6.54 Å². The molecule has 17 heavy (non-hydrogen) atoms. The van der Waals surface area contributed by atoms with E-state index in [9.17, 15) is 4.79 Å². The first-order chi connectivity index (χ1) is 8.20. The second-order valence-electron chi connectivity index (χ2n) is 3.02. The molecule has 0 saturated heterocycles. The molecule has 0 unspecified atom stereocenters. The van der Waals surface area contributed by atoms with E-state index in [4.69, 9.17) is 16.3 Å². The van der Waals surface area contributed by atoms with Crippen molar-refractivity contribution in [2.75, 3.05) is 32.9 Å². The SMILES string of the molecule is CCOCCCN=C(NN)NCCOC(N)=O. The number of nitrogens with two attached hydrogens (primary N) is 2. The second kappa shape index (κ2) is 11.0. The lowest BCUT2D eigenvalue weighted by Gasteiger charge is -2.08. The molecule has 0 spiro atoms. The van der Waals surface area contributed by atoms with Crippen LogP contribution in [-0.2, 0) is 9.47 Å². The molecule has 100 valence electrons. The third kappa shape index (κ3) is 10.7. The fraction of sp³-hybridized carbons (Fsp3) is 0.778. The summed E-state index contributed by atoms with van der Waals surface area (Å²) >= 11 is 0. The molecule has 0 aromatic heterocycles. The van der Waals surface area contributed by atoms with Gasteiger partial charge in [-0.05, 0) is 13.3 Å². The second-order valence-corrected chi connectivity index (χ2v) is 3.02. The number of carbonyl (C=O) groups excluding carboxylic acids is 1. The molecule has 0 saturated carbocycles. The van der Waals surface area contributed by atoms with E-state index in [-0.39, 0.29) is 6.61 Å². The zero-order chi connectivity index (χ0) is 12.9. The van der Waals surface area contributed by atoms with E-state index in [1.807, 2.05) is 6.92 Å². The molecule has 0 aromatic rings. The molecule has 0 radical (unpaired) electrons. The lowest BCUT2D eigenvalue weighted by molar-refractivity contribution is 0.146. The number of nitrogens with one attached hydrogen (secondary N) is 2. The van der Waals surface area contributed by atoms with Crippen molar-refractivity contribution in [3.05, 3.63) is 0 Å². The molecule has 0 rings (SSSR count). The summed E-state index contributed by atoms with van der Waals surface area (Å²) in [6.45, 7) is 4.46. The average Bonchev–Trinajstić information content (AvgIpc) is 2.31. The quantitative estimate of drug-likeness (QED) is 0.142. The van der Waals surface area contributed by atoms with Gasteiger partial charge in [-0.2, -0.15) is 0 Å². The summed E-state index contributed by atoms with van der Waals surface area (Å²) in [6, 6.07) is 0. The Morgan fingerprint density at radius 2 is 2.18 bits per heavy atom. The van der Waals surface area contributed by atoms with Gasteiger partial charge in [-0.25, -0.2) is 10.6 Å². The first-order valence-electron chi connectivity index (χ1n) is 5.45. The van der Waals surface area contributed by atoms with Crippen LogP contribution in [0.2, 0.25) is 0 Å². The summed E-state index contributed by atoms with van der Waals surface area (Å²) in [6.07, 6.45) is 0.0149. The number of amides is 1. The van der Waals surface area contributed by atoms with E-state index >= 15 is 0 Å². The minimum atomic E-state index is -0.803. The molecule has 1 amide bonds. The third-order valence-electron chi connectivity index (χ3n) is 1.70. The standard InChI is InChI=1S/C9H21N5O3/c1-2-16-6-3-4-12-9(14-11)13-5-7-17-8(10)15/h2-7,11H2,1H3,(H2,10,15)(H2,12,13,14). The predicted octanol–water partition coefficient (Wildman–Crippen LogP) is -1.08. The number of nitrogens with zero attached hydrogens (tertiary/aromatic N) is 1. The summed E-state index contributed by atoms with van der Waals surface area (Å²) in [5, 5.41) is 2.86. The number of hydrogen-bond acceptors (Lipinski definition) is 5. The topological polar surface area (TPSA) is 124 Å². The van der Waals surface area contributed by atoms with E-state index in [1.54, 1.807) is 0 Å². The molecular weight excluding hydrogens is 226 g/mol. The smallest absolute Gasteiger partial charge is 0.404 e. The molecule has 0 bridgehead atoms. The Morgan fingerprint density at radius 1 is 1.41 bits per heavy atom. The molecule has 0 aromatic carbocycles. The van der Waals surface area contributed by atoms with Gasteiger partial charge < -0.3 is 20.5 Å². The van der Waals surface area contributed by atoms with Crippen molar-refractivity contribution in [3.8, 4) is 0 Å². The van der Waals surface area contributed by atoms with E-state index in [1.165, 1.54) is 0 Å². The van der Waals surface area contributed by atoms with Crippen LogP contribution in [0.3, 0.4) is 0 Å². The molecule has 8 nitrogen and oxygen atoms in total. The number of rotatable bonds is 8. The number of ether oxygens (including phenoxy) is 2. The van der Waals surface area contributed by atoms with Gasteiger partial charge in [0.15, 0.2) is 0 Å². The van der Waals surface area contributed by atoms with Gasteiger partial charge in [-0.1, -0.05) is 0 Å². The van der Waals surface area contributed by atoms with E-state index < -0.39 is 6.09 Å². The fourth-order valence-electron chi connectivity index (χ4n) is 0.975. The van der Waals surface area contributed by atoms with Crippen LogP contribution in [-0.4, -0.2) is 45.0 Å². The Hall–Kier alpha value is -1.54. The molecular formula is C9H21N5O3. The third-order valence-corrected chi connectivity index (χ3v) is 1.70. The van der Waals surface area contributed by atoms with Crippen LogP contribution in [0, 0.1) is 0 Å². The van der Waals surface area contributed by atoms with E-state index in [0.29, 0.717) is 32.3 Å². The maximum absolute atomic E-state index is 10.3. The highest BCUT2D eigenvalue weighted by atomic mass is 16.5. The van der Waals surface area contributed by atoms with Crippen LogP contribution < -0.4 is 22.3 Å². The minimum absolute atomic E-state index is 0.162. The Kier molecular flexibility index (Phi) is 9.97. The number of hydrogen-bond donors (Lipinski definition) is 4. The summed E-state index contributed by atoms with van der Waals surface area (Å²) in [7, 11) is 0. The van der Waals surface area contributed by atoms with Crippen molar-refractivity contribution in [2.45, 2.75) is 13.3 Å². The number of primary amides is 1. The highest BCUT2D eigenvalue weighted by Crippen LogP contribution is 1.84. The van der Waals surface area contributed by atoms with Crippen LogP contribution in [0.25, 0.3) is 0 Å². The minimum Gasteiger partial charge on any atom is -0.448 e. The van der Waals surface area contributed by atoms with Gasteiger partial charge in [0.2, 0.25) is 5.96 Å². The Labute approximate surface area is 101 Å². The molecule has 8 heteroatoms. The summed E-state index contributed by atoms with van der Waals surface area (Å²) < 4.78 is 9.69. The highest BCUT2D eigenvalue weighted by molar-refractivity contribution is 5.79. The van der Waals surface area contributed by atoms with Crippen molar-refractivity contribution in [3.63, 3.8) is 0 Å². The molecule has 6 N–H and O–H groups in total. The fourth-order valence-corrected chi connectivity index (χ4v) is 0.975. The molecule has 0 atom stereocenters. The Morgan fingerprint density at radius 3 is 2.76 bits per heavy atom. The molecule has 0 aliphatic rings. The molecule has 0 aliphatic heterocycles. The normalized spacial score (nSPS) is 11.1. The zero-order valence-electron chi connectivity index (χ0n) is 10.1. The van der Waals surface area contributed by atoms with Crippen LogP contribution in [0.4, 0.5) is 4.79 Å². The van der Waals surface area contributed by atoms with Crippen molar-refractivity contribution in [1.82, 2.24) is 10.7 Å². The van der Waals surface area contributed by atoms with Crippen LogP contribution in [0.15, 0.2) is 4.99 Å². The average molecular weight is 247 g/mol. The maximum atomic E-state index is 10.3. The van der Waals surface area contributed by atoms with E-state index in [2.05, 4.69) is 20.5 Å². The highest BCUT2D eigenvalue weighted by Gasteiger charge is 1.96. The van der Waals surface area contributed by atoms with Crippen molar-refractivity contribution in [1.29, 1.82) is 0 Å². The number of aliphatic imine (C=N–C) groups is 1. The van der Waals surface area contributed by atoms with Gasteiger partial charge in [0, 0.05) is 19.8 Å². The Bertz CT molecular complexity index is 235. The lowest BCUT2D eigenvalue weighted by atomic mass is 10.4. The van der Waals surface area contributed by atoms with Crippen LogP contribution in [0.5, 0.6) is 0 Å². The van der Waals surface area contributed by atoms with Gasteiger partial charge in [-0.3, -0.25) is 10.4 Å². The summed E-state index contributed by atoms with van der Waals surface area (Å²) in [5.41, 5.74) is 7.20. The van der Waals surface area contributed by atoms with Crippen LogP contribution in [0.1, 0.15) is 13.3 Å². The number of carbonyl (C=O) groups is 1. The summed E-state index contributed by atoms with van der Waals surface area (Å²) in [5.74, 6) is 5.69. The first-order valence-corrected chi connectivity index (χ1v) is 5.45. The monoisotopic (exact) mass is 247 g/mol.